The van der Waals surface area contributed by atoms with Crippen LogP contribution in [0.4, 0.5) is 0 Å². The van der Waals surface area contributed by atoms with Crippen LogP contribution < -0.4 is 0 Å². The van der Waals surface area contributed by atoms with E-state index >= 15 is 0 Å². The van der Waals surface area contributed by atoms with E-state index in [1.807, 2.05) is 0 Å². The molecular weight excluding hydrogens is 1270 g/mol. The van der Waals surface area contributed by atoms with Gasteiger partial charge < -0.3 is 33.8 Å². The Labute approximate surface area is 592 Å². The Hall–Kier alpha value is -2.46. The van der Waals surface area contributed by atoms with Gasteiger partial charge in [-0.05, 0) is 69.1 Å². The molecule has 0 amide bonds. The zero-order chi connectivity index (χ0) is 71.6. The number of phosphoric acid groups is 2. The Morgan fingerprint density at radius 2 is 0.608 bits per heavy atom. The van der Waals surface area contributed by atoms with Crippen LogP contribution in [0.5, 0.6) is 0 Å². The van der Waals surface area contributed by atoms with Crippen LogP contribution in [-0.4, -0.2) is 96.7 Å². The summed E-state index contributed by atoms with van der Waals surface area (Å²) >= 11 is 0. The number of aliphatic hydroxyl groups is 1. The third-order valence-corrected chi connectivity index (χ3v) is 19.8. The fourth-order valence-corrected chi connectivity index (χ4v) is 13.0. The summed E-state index contributed by atoms with van der Waals surface area (Å²) in [5.41, 5.74) is 0. The average molecular weight is 1420 g/mol. The summed E-state index contributed by atoms with van der Waals surface area (Å²) in [5, 5.41) is 10.6. The van der Waals surface area contributed by atoms with Crippen LogP contribution in [0, 0.1) is 17.8 Å². The number of hydrogen-bond donors (Lipinski definition) is 3. The van der Waals surface area contributed by atoms with E-state index in [9.17, 15) is 43.2 Å². The largest absolute Gasteiger partial charge is 0.472 e. The van der Waals surface area contributed by atoms with E-state index in [2.05, 4.69) is 72.8 Å². The van der Waals surface area contributed by atoms with Gasteiger partial charge in [0.15, 0.2) is 12.2 Å². The third kappa shape index (κ3) is 70.4. The minimum absolute atomic E-state index is 0.0837. The van der Waals surface area contributed by atoms with E-state index < -0.39 is 97.5 Å². The lowest BCUT2D eigenvalue weighted by molar-refractivity contribution is -0.161. The molecule has 0 radical (unpaired) electrons. The summed E-state index contributed by atoms with van der Waals surface area (Å²) in [6, 6.07) is 0. The fourth-order valence-electron chi connectivity index (χ4n) is 11.4. The Kier molecular flexibility index (Phi) is 66.3. The first-order valence-electron chi connectivity index (χ1n) is 39.7. The minimum atomic E-state index is -4.96. The highest BCUT2D eigenvalue weighted by atomic mass is 31.2. The van der Waals surface area contributed by atoms with Gasteiger partial charge in [-0.3, -0.25) is 37.3 Å². The lowest BCUT2D eigenvalue weighted by Crippen LogP contribution is -2.30. The van der Waals surface area contributed by atoms with Crippen molar-refractivity contribution in [2.45, 2.75) is 394 Å². The van der Waals surface area contributed by atoms with Crippen LogP contribution in [0.3, 0.4) is 0 Å². The summed E-state index contributed by atoms with van der Waals surface area (Å²) in [6.45, 7) is 11.8. The van der Waals surface area contributed by atoms with Crippen molar-refractivity contribution in [3.05, 3.63) is 24.3 Å². The zero-order valence-corrected chi connectivity index (χ0v) is 64.8. The first kappa shape index (κ1) is 94.5. The highest BCUT2D eigenvalue weighted by Gasteiger charge is 2.30. The molecule has 0 heterocycles. The summed E-state index contributed by atoms with van der Waals surface area (Å²) in [6.07, 6.45) is 57.8. The molecule has 0 aromatic rings. The Bertz CT molecular complexity index is 1980. The van der Waals surface area contributed by atoms with Crippen LogP contribution in [-0.2, 0) is 65.4 Å². The maximum absolute atomic E-state index is 13.1. The number of allylic oxidation sites excluding steroid dienone is 4. The summed E-state index contributed by atoms with van der Waals surface area (Å²) in [5.74, 6) is 0.140. The number of unbranched alkanes of at least 4 members (excludes halogenated alkanes) is 38. The van der Waals surface area contributed by atoms with Crippen LogP contribution in [0.25, 0.3) is 0 Å². The van der Waals surface area contributed by atoms with Gasteiger partial charge in [0.25, 0.3) is 0 Å². The normalized spacial score (nSPS) is 14.5. The molecule has 0 rings (SSSR count). The molecule has 19 heteroatoms. The summed E-state index contributed by atoms with van der Waals surface area (Å²) in [4.78, 5) is 72.8. The molecule has 0 aromatic carbocycles. The van der Waals surface area contributed by atoms with E-state index in [1.165, 1.54) is 167 Å². The van der Waals surface area contributed by atoms with Gasteiger partial charge in [0, 0.05) is 25.7 Å². The van der Waals surface area contributed by atoms with Crippen LogP contribution in [0.2, 0.25) is 0 Å². The van der Waals surface area contributed by atoms with E-state index in [0.717, 1.165) is 121 Å². The van der Waals surface area contributed by atoms with Gasteiger partial charge in [-0.25, -0.2) is 9.13 Å². The quantitative estimate of drug-likeness (QED) is 0.0169. The molecular formula is C78H148O17P2. The van der Waals surface area contributed by atoms with Crippen molar-refractivity contribution in [1.29, 1.82) is 0 Å². The molecule has 97 heavy (non-hydrogen) atoms. The predicted molar refractivity (Wildman–Crippen MR) is 395 cm³/mol. The van der Waals surface area contributed by atoms with Gasteiger partial charge in [-0.2, -0.15) is 0 Å². The molecule has 0 aliphatic heterocycles. The Morgan fingerprint density at radius 1 is 0.340 bits per heavy atom. The molecule has 6 atom stereocenters. The Balaban J connectivity index is 5.25. The number of aliphatic hydroxyl groups excluding tert-OH is 1. The second-order valence-corrected chi connectivity index (χ2v) is 31.5. The number of phosphoric ester groups is 2. The first-order chi connectivity index (χ1) is 46.8. The highest BCUT2D eigenvalue weighted by Crippen LogP contribution is 2.45. The van der Waals surface area contributed by atoms with Gasteiger partial charge in [0.2, 0.25) is 0 Å². The lowest BCUT2D eigenvalue weighted by Gasteiger charge is -2.21. The molecule has 0 fully saturated rings. The maximum atomic E-state index is 13.1. The number of hydrogen-bond acceptors (Lipinski definition) is 15. The molecule has 0 aliphatic rings. The van der Waals surface area contributed by atoms with Crippen molar-refractivity contribution in [2.24, 2.45) is 17.8 Å². The van der Waals surface area contributed by atoms with E-state index in [4.69, 9.17) is 37.0 Å². The third-order valence-electron chi connectivity index (χ3n) is 17.9. The van der Waals surface area contributed by atoms with E-state index in [0.29, 0.717) is 31.6 Å². The number of ether oxygens (including phenoxy) is 4. The summed E-state index contributed by atoms with van der Waals surface area (Å²) in [7, 11) is -9.93. The SMILES string of the molecule is CCCCCC/C=C\C=C/CCCCCCCC(=O)O[C@H](COC(=O)CCCCCCCCC(C)C)COP(=O)(O)OC[C@H](O)COP(=O)(O)OC[C@@H](COC(=O)CCCCCCCCCCCCCCCCCCC(C)C)OC(=O)CCCCCCCCCCCCC(C)CC. The van der Waals surface area contributed by atoms with Crippen LogP contribution in [0.1, 0.15) is 376 Å². The van der Waals surface area contributed by atoms with Crippen molar-refractivity contribution in [3.8, 4) is 0 Å². The maximum Gasteiger partial charge on any atom is 0.472 e. The molecule has 0 bridgehead atoms. The predicted octanol–water partition coefficient (Wildman–Crippen LogP) is 22.5. The topological polar surface area (TPSA) is 237 Å². The minimum Gasteiger partial charge on any atom is -0.462 e. The van der Waals surface area contributed by atoms with E-state index in [1.54, 1.807) is 0 Å². The van der Waals surface area contributed by atoms with Crippen molar-refractivity contribution in [3.63, 3.8) is 0 Å². The monoisotopic (exact) mass is 1420 g/mol. The second kappa shape index (κ2) is 68.0. The Morgan fingerprint density at radius 3 is 0.918 bits per heavy atom. The molecule has 0 saturated carbocycles. The average Bonchev–Trinajstić information content (AvgIpc) is 1.04. The highest BCUT2D eigenvalue weighted by molar-refractivity contribution is 7.47. The molecule has 0 saturated heterocycles. The fraction of sp³-hybridized carbons (Fsp3) is 0.897. The summed E-state index contributed by atoms with van der Waals surface area (Å²) < 4.78 is 68.5. The number of rotatable bonds is 74. The molecule has 17 nitrogen and oxygen atoms in total. The second-order valence-electron chi connectivity index (χ2n) is 28.6. The first-order valence-corrected chi connectivity index (χ1v) is 42.7. The van der Waals surface area contributed by atoms with Gasteiger partial charge in [0.05, 0.1) is 26.4 Å². The van der Waals surface area contributed by atoms with Crippen LogP contribution in [0.15, 0.2) is 24.3 Å². The van der Waals surface area contributed by atoms with Crippen molar-refractivity contribution in [2.75, 3.05) is 39.6 Å². The van der Waals surface area contributed by atoms with E-state index in [-0.39, 0.29) is 25.7 Å². The van der Waals surface area contributed by atoms with Gasteiger partial charge >= 0.3 is 39.5 Å². The molecule has 0 spiro atoms. The van der Waals surface area contributed by atoms with Gasteiger partial charge in [0.1, 0.15) is 19.3 Å². The van der Waals surface area contributed by atoms with Gasteiger partial charge in [-0.15, -0.1) is 0 Å². The molecule has 3 unspecified atom stereocenters. The smallest absolute Gasteiger partial charge is 0.462 e. The van der Waals surface area contributed by atoms with Crippen LogP contribution >= 0.6 is 15.6 Å². The van der Waals surface area contributed by atoms with Crippen molar-refractivity contribution >= 4 is 39.5 Å². The standard InChI is InChI=1S/C78H148O17P2/c1-8-10-11-12-13-14-15-16-19-24-27-33-38-47-54-61-77(82)95-74(66-89-76(81)60-53-46-41-40-43-50-57-70(5)6)68-93-97(86,87)91-64-72(79)63-90-96(84,85)92-67-73(94-78(83)62-55-48-39-34-29-28-31-36-44-51-58-71(7)9-2)65-88-75(80)59-52-45-37-32-26-23-21-18-17-20-22-25-30-35-42-49-56-69(3)4/h14-16,19,69-74,79H,8-13,17-18,20-68H2,1-7H3,(H,84,85)(H,86,87)/b15-14-,19-16-/t71?,72-,73-,74-/m1/s1. The van der Waals surface area contributed by atoms with Crippen molar-refractivity contribution < 1.29 is 80.2 Å². The van der Waals surface area contributed by atoms with Gasteiger partial charge in [-0.1, -0.05) is 323 Å². The molecule has 3 N–H and O–H groups in total. The molecule has 0 aliphatic carbocycles. The number of carbonyl (C=O) groups excluding carboxylic acids is 4. The lowest BCUT2D eigenvalue weighted by atomic mass is 9.99. The zero-order valence-electron chi connectivity index (χ0n) is 63.0. The number of esters is 4. The van der Waals surface area contributed by atoms with Crippen molar-refractivity contribution in [1.82, 2.24) is 0 Å². The molecule has 0 aromatic heterocycles. The molecule has 572 valence electrons. The number of carbonyl (C=O) groups is 4.